The van der Waals surface area contributed by atoms with E-state index < -0.39 is 95.3 Å². The number of nitrogens with two attached hydrogens (primary N) is 3. The Labute approximate surface area is 437 Å². The molecule has 14 N–H and O–H groups in total. The molecule has 1 aliphatic carbocycles. The predicted octanol–water partition coefficient (Wildman–Crippen LogP) is 2.57. The molecule has 402 valence electrons. The van der Waals surface area contributed by atoms with E-state index in [1.165, 1.54) is 0 Å². The largest absolute Gasteiger partial charge is 0.370 e. The Morgan fingerprint density at radius 1 is 0.760 bits per heavy atom. The number of hydrogen-bond acceptors (Lipinski definition) is 9. The SMILES string of the molecule is CCCCC(=O)N[C@H]1CC(=O)NCCCC[C@@H](C(N)=O)NC(=O)[C@@H]([C@H](C)c2c[nH]c3ccccc23)NC(=O)[C@H](CCCN=C(N)N)NC(=O)[C@@H](Cc2ccccc2)NC(=O)C2(CCC(c3ccccc3)CC2)NC1=O. The highest BCUT2D eigenvalue weighted by Gasteiger charge is 2.46. The first kappa shape index (κ1) is 56.5. The van der Waals surface area contributed by atoms with Crippen LogP contribution in [0.1, 0.15) is 126 Å². The average molecular weight is 1030 g/mol. The first-order chi connectivity index (χ1) is 36.1. The number of carbonyl (C=O) groups is 8. The van der Waals surface area contributed by atoms with Crippen LogP contribution in [-0.2, 0) is 44.8 Å². The van der Waals surface area contributed by atoms with Gasteiger partial charge in [-0.2, -0.15) is 0 Å². The number of rotatable bonds is 14. The molecule has 0 radical (unpaired) electrons. The van der Waals surface area contributed by atoms with Crippen LogP contribution < -0.4 is 54.4 Å². The normalized spacial score (nSPS) is 24.3. The molecule has 2 fully saturated rings. The summed E-state index contributed by atoms with van der Waals surface area (Å²) in [6.45, 7) is 3.89. The van der Waals surface area contributed by atoms with Crippen LogP contribution in [0.25, 0.3) is 10.9 Å². The van der Waals surface area contributed by atoms with Crippen LogP contribution in [-0.4, -0.2) is 107 Å². The number of aliphatic imine (C=N–C) groups is 1. The van der Waals surface area contributed by atoms with Crippen LogP contribution in [0.15, 0.2) is 96.1 Å². The molecule has 6 atom stereocenters. The third-order valence-electron chi connectivity index (χ3n) is 14.3. The maximum absolute atomic E-state index is 15.2. The molecule has 1 aliphatic heterocycles. The van der Waals surface area contributed by atoms with E-state index in [4.69, 9.17) is 17.2 Å². The molecule has 6 rings (SSSR count). The van der Waals surface area contributed by atoms with Crippen molar-refractivity contribution >= 4 is 64.1 Å². The lowest BCUT2D eigenvalue weighted by Gasteiger charge is -2.41. The number of hydrogen-bond donors (Lipinski definition) is 11. The molecule has 0 unspecified atom stereocenters. The third kappa shape index (κ3) is 16.1. The highest BCUT2D eigenvalue weighted by Crippen LogP contribution is 2.39. The van der Waals surface area contributed by atoms with Gasteiger partial charge in [0.1, 0.15) is 35.7 Å². The van der Waals surface area contributed by atoms with Gasteiger partial charge in [0.2, 0.25) is 47.3 Å². The second kappa shape index (κ2) is 27.5. The fourth-order valence-corrected chi connectivity index (χ4v) is 9.94. The predicted molar refractivity (Wildman–Crippen MR) is 285 cm³/mol. The van der Waals surface area contributed by atoms with Crippen LogP contribution in [0.3, 0.4) is 0 Å². The number of aromatic amines is 1. The van der Waals surface area contributed by atoms with Crippen LogP contribution in [0, 0.1) is 0 Å². The van der Waals surface area contributed by atoms with Gasteiger partial charge in [0.15, 0.2) is 5.96 Å². The maximum atomic E-state index is 15.2. The Balaban J connectivity index is 1.41. The van der Waals surface area contributed by atoms with Gasteiger partial charge in [-0.05, 0) is 92.9 Å². The Hall–Kier alpha value is -7.77. The number of carbonyl (C=O) groups excluding carboxylic acids is 8. The van der Waals surface area contributed by atoms with Crippen molar-refractivity contribution in [3.63, 3.8) is 0 Å². The van der Waals surface area contributed by atoms with Crippen molar-refractivity contribution in [3.05, 3.63) is 108 Å². The van der Waals surface area contributed by atoms with Gasteiger partial charge in [-0.25, -0.2) is 0 Å². The zero-order valence-electron chi connectivity index (χ0n) is 43.0. The van der Waals surface area contributed by atoms with Gasteiger partial charge in [-0.1, -0.05) is 99.1 Å². The molecule has 75 heavy (non-hydrogen) atoms. The molecule has 2 heterocycles. The van der Waals surface area contributed by atoms with E-state index in [-0.39, 0.29) is 69.9 Å². The second-order valence-electron chi connectivity index (χ2n) is 19.8. The van der Waals surface area contributed by atoms with Crippen molar-refractivity contribution in [3.8, 4) is 0 Å². The average Bonchev–Trinajstić information content (AvgIpc) is 3.84. The van der Waals surface area contributed by atoms with Crippen molar-refractivity contribution in [2.75, 3.05) is 13.1 Å². The molecule has 1 saturated heterocycles. The minimum absolute atomic E-state index is 0.0148. The highest BCUT2D eigenvalue weighted by atomic mass is 16.2. The monoisotopic (exact) mass is 1030 g/mol. The third-order valence-corrected chi connectivity index (χ3v) is 14.3. The smallest absolute Gasteiger partial charge is 0.246 e. The summed E-state index contributed by atoms with van der Waals surface area (Å²) in [4.78, 5) is 121. The summed E-state index contributed by atoms with van der Waals surface area (Å²) in [5, 5.41) is 20.8. The number of primary amides is 1. The van der Waals surface area contributed by atoms with E-state index in [2.05, 4.69) is 47.2 Å². The van der Waals surface area contributed by atoms with Crippen molar-refractivity contribution in [2.45, 2.75) is 151 Å². The topological polar surface area (TPSA) is 327 Å². The van der Waals surface area contributed by atoms with Gasteiger partial charge >= 0.3 is 0 Å². The highest BCUT2D eigenvalue weighted by molar-refractivity contribution is 6.00. The molecular formula is C55H74N12O8. The number of para-hydroxylation sites is 1. The van der Waals surface area contributed by atoms with Crippen molar-refractivity contribution in [1.29, 1.82) is 0 Å². The Bertz CT molecular complexity index is 2630. The van der Waals surface area contributed by atoms with Gasteiger partial charge in [0.05, 0.1) is 6.42 Å². The fourth-order valence-electron chi connectivity index (χ4n) is 9.94. The minimum atomic E-state index is -1.61. The molecule has 3 aromatic carbocycles. The lowest BCUT2D eigenvalue weighted by Crippen LogP contribution is -2.66. The summed E-state index contributed by atoms with van der Waals surface area (Å²) in [6.07, 6.45) is 4.79. The zero-order valence-corrected chi connectivity index (χ0v) is 43.0. The number of benzene rings is 3. The summed E-state index contributed by atoms with van der Waals surface area (Å²) in [5.74, 6) is -6.28. The van der Waals surface area contributed by atoms with Gasteiger partial charge < -0.3 is 59.4 Å². The van der Waals surface area contributed by atoms with Crippen LogP contribution >= 0.6 is 0 Å². The molecule has 1 spiro atoms. The summed E-state index contributed by atoms with van der Waals surface area (Å²) in [6, 6.07) is 19.7. The number of aromatic nitrogens is 1. The standard InChI is InChI=1S/C55H74N12O8/c1-3-4-24-45(68)62-44-32-46(69)59-29-14-13-22-41(48(56)70)63-52(74)47(34(2)39-33-61-40-21-12-11-20-38(39)40)66-49(71)42(23-15-30-60-54(57)58)64-50(72)43(31-35-16-7-5-8-17-35)65-53(75)55(67-51(44)73)27-25-37(26-28-55)36-18-9-6-10-19-36/h5-12,16-21,33-34,37,41-44,47,61H,3-4,13-15,22-32H2,1-2H3,(H2,56,70)(H,59,69)(H,62,68)(H,63,74)(H,64,72)(H,65,75)(H,66,71)(H,67,73)(H4,57,58,60)/t34-,37?,41+,42+,43-,44+,47-,55?/m1/s1. The molecule has 20 heteroatoms. The van der Waals surface area contributed by atoms with Gasteiger partial charge in [0, 0.05) is 48.9 Å². The molecule has 0 bridgehead atoms. The summed E-state index contributed by atoms with van der Waals surface area (Å²) >= 11 is 0. The van der Waals surface area contributed by atoms with Crippen molar-refractivity contribution < 1.29 is 38.4 Å². The number of nitrogens with zero attached hydrogens (tertiary/aromatic N) is 1. The lowest BCUT2D eigenvalue weighted by molar-refractivity contribution is -0.140. The molecule has 1 saturated carbocycles. The molecule has 20 nitrogen and oxygen atoms in total. The molecule has 1 aromatic heterocycles. The number of unbranched alkanes of at least 4 members (excludes halogenated alkanes) is 1. The van der Waals surface area contributed by atoms with Gasteiger partial charge in [-0.3, -0.25) is 43.3 Å². The molecule has 4 aromatic rings. The van der Waals surface area contributed by atoms with Crippen LogP contribution in [0.2, 0.25) is 0 Å². The first-order valence-electron chi connectivity index (χ1n) is 26.2. The molecule has 2 aliphatic rings. The number of guanidine groups is 1. The van der Waals surface area contributed by atoms with E-state index in [0.29, 0.717) is 49.7 Å². The first-order valence-corrected chi connectivity index (χ1v) is 26.2. The number of H-pyrrole nitrogens is 1. The van der Waals surface area contributed by atoms with E-state index in [1.54, 1.807) is 37.4 Å². The molecular weight excluding hydrogens is 957 g/mol. The number of fused-ring (bicyclic) bond motifs is 1. The van der Waals surface area contributed by atoms with Gasteiger partial charge in [-0.15, -0.1) is 0 Å². The Morgan fingerprint density at radius 2 is 1.44 bits per heavy atom. The van der Waals surface area contributed by atoms with Crippen molar-refractivity contribution in [2.24, 2.45) is 22.2 Å². The van der Waals surface area contributed by atoms with E-state index >= 15 is 4.79 Å². The summed E-state index contributed by atoms with van der Waals surface area (Å²) < 4.78 is 0. The van der Waals surface area contributed by atoms with E-state index in [1.807, 2.05) is 67.6 Å². The zero-order chi connectivity index (χ0) is 53.9. The minimum Gasteiger partial charge on any atom is -0.370 e. The van der Waals surface area contributed by atoms with Gasteiger partial charge in [0.25, 0.3) is 0 Å². The van der Waals surface area contributed by atoms with E-state index in [0.717, 1.165) is 16.5 Å². The van der Waals surface area contributed by atoms with Crippen LogP contribution in [0.4, 0.5) is 0 Å². The number of nitrogens with one attached hydrogen (secondary N) is 8. The lowest BCUT2D eigenvalue weighted by atomic mass is 9.73. The Morgan fingerprint density at radius 3 is 2.13 bits per heavy atom. The van der Waals surface area contributed by atoms with Crippen LogP contribution in [0.5, 0.6) is 0 Å². The maximum Gasteiger partial charge on any atom is 0.246 e. The van der Waals surface area contributed by atoms with E-state index in [9.17, 15) is 33.6 Å². The second-order valence-corrected chi connectivity index (χ2v) is 19.8. The Kier molecular flexibility index (Phi) is 20.7. The molecule has 8 amide bonds. The summed E-state index contributed by atoms with van der Waals surface area (Å²) in [7, 11) is 0. The number of amides is 8. The quantitative estimate of drug-likeness (QED) is 0.0498. The van der Waals surface area contributed by atoms with Crippen molar-refractivity contribution in [1.82, 2.24) is 42.2 Å². The summed E-state index contributed by atoms with van der Waals surface area (Å²) in [5.41, 5.74) is 18.7. The fraction of sp³-hybridized carbons (Fsp3) is 0.473.